The molecule has 0 amide bonds. The third-order valence-corrected chi connectivity index (χ3v) is 3.25. The highest BCUT2D eigenvalue weighted by Crippen LogP contribution is 2.34. The lowest BCUT2D eigenvalue weighted by molar-refractivity contribution is -0.137. The van der Waals surface area contributed by atoms with Crippen LogP contribution in [0.4, 0.5) is 0 Å². The molecule has 3 heteroatoms. The highest BCUT2D eigenvalue weighted by molar-refractivity contribution is 5.68. The van der Waals surface area contributed by atoms with E-state index in [0.29, 0.717) is 0 Å². The largest absolute Gasteiger partial charge is 0.508 e. The molecule has 1 aliphatic carbocycles. The molecule has 0 fully saturated rings. The average Bonchev–Trinajstić information content (AvgIpc) is 2.61. The van der Waals surface area contributed by atoms with Crippen molar-refractivity contribution in [3.63, 3.8) is 0 Å². The molecule has 0 aromatic heterocycles. The maximum atomic E-state index is 10.6. The second-order valence-corrected chi connectivity index (χ2v) is 4.53. The Hall–Kier alpha value is -1.51. The number of hydrogen-bond acceptors (Lipinski definition) is 2. The van der Waals surface area contributed by atoms with Crippen molar-refractivity contribution in [1.82, 2.24) is 0 Å². The number of phenolic OH excluding ortho intramolecular Hbond substituents is 1. The number of fused-ring (bicyclic) bond motifs is 1. The van der Waals surface area contributed by atoms with Gasteiger partial charge in [0.2, 0.25) is 0 Å². The van der Waals surface area contributed by atoms with Crippen molar-refractivity contribution >= 4 is 5.97 Å². The van der Waals surface area contributed by atoms with Gasteiger partial charge in [-0.3, -0.25) is 4.79 Å². The topological polar surface area (TPSA) is 57.5 Å². The van der Waals surface area contributed by atoms with Gasteiger partial charge < -0.3 is 10.2 Å². The number of carbonyl (C=O) groups is 1. The molecule has 1 unspecified atom stereocenters. The third kappa shape index (κ3) is 2.03. The van der Waals surface area contributed by atoms with E-state index in [1.165, 1.54) is 11.1 Å². The van der Waals surface area contributed by atoms with Crippen molar-refractivity contribution in [3.8, 4) is 5.75 Å². The molecular formula is C13H16O3. The van der Waals surface area contributed by atoms with Crippen LogP contribution in [0.15, 0.2) is 12.1 Å². The zero-order chi connectivity index (χ0) is 11.7. The molecule has 0 saturated carbocycles. The van der Waals surface area contributed by atoms with Crippen molar-refractivity contribution in [3.05, 3.63) is 28.8 Å². The SMILES string of the molecule is CC(CC(=O)O)c1cc2c(cc1O)CCC2. The number of aliphatic carboxylic acids is 1. The second kappa shape index (κ2) is 4.16. The molecule has 86 valence electrons. The molecule has 2 N–H and O–H groups in total. The summed E-state index contributed by atoms with van der Waals surface area (Å²) in [5.74, 6) is -0.717. The summed E-state index contributed by atoms with van der Waals surface area (Å²) in [5, 5.41) is 18.6. The van der Waals surface area contributed by atoms with E-state index >= 15 is 0 Å². The van der Waals surface area contributed by atoms with Gasteiger partial charge in [0.05, 0.1) is 6.42 Å². The minimum absolute atomic E-state index is 0.0619. The minimum Gasteiger partial charge on any atom is -0.508 e. The summed E-state index contributed by atoms with van der Waals surface area (Å²) in [6.07, 6.45) is 3.26. The first kappa shape index (κ1) is 11.0. The minimum atomic E-state index is -0.826. The molecule has 16 heavy (non-hydrogen) atoms. The van der Waals surface area contributed by atoms with Crippen LogP contribution in [-0.2, 0) is 17.6 Å². The smallest absolute Gasteiger partial charge is 0.303 e. The summed E-state index contributed by atoms with van der Waals surface area (Å²) in [6.45, 7) is 1.84. The van der Waals surface area contributed by atoms with Crippen molar-refractivity contribution in [2.75, 3.05) is 0 Å². The third-order valence-electron chi connectivity index (χ3n) is 3.25. The van der Waals surface area contributed by atoms with Crippen molar-refractivity contribution in [2.24, 2.45) is 0 Å². The summed E-state index contributed by atoms with van der Waals surface area (Å²) in [7, 11) is 0. The predicted molar refractivity (Wildman–Crippen MR) is 60.8 cm³/mol. The zero-order valence-corrected chi connectivity index (χ0v) is 9.36. The van der Waals surface area contributed by atoms with Crippen LogP contribution in [0.25, 0.3) is 0 Å². The summed E-state index contributed by atoms with van der Waals surface area (Å²) < 4.78 is 0. The van der Waals surface area contributed by atoms with E-state index in [0.717, 1.165) is 24.8 Å². The quantitative estimate of drug-likeness (QED) is 0.822. The highest BCUT2D eigenvalue weighted by atomic mass is 16.4. The first-order valence-corrected chi connectivity index (χ1v) is 5.64. The van der Waals surface area contributed by atoms with Crippen LogP contribution in [0.5, 0.6) is 5.75 Å². The Balaban J connectivity index is 2.30. The number of rotatable bonds is 3. The van der Waals surface area contributed by atoms with E-state index in [1.807, 2.05) is 13.0 Å². The van der Waals surface area contributed by atoms with E-state index in [2.05, 4.69) is 0 Å². The van der Waals surface area contributed by atoms with Crippen LogP contribution in [-0.4, -0.2) is 16.2 Å². The number of carboxylic acid groups (broad SMARTS) is 1. The molecule has 0 heterocycles. The van der Waals surface area contributed by atoms with Crippen LogP contribution in [0.3, 0.4) is 0 Å². The maximum absolute atomic E-state index is 10.6. The van der Waals surface area contributed by atoms with Gasteiger partial charge in [-0.2, -0.15) is 0 Å². The van der Waals surface area contributed by atoms with Crippen molar-refractivity contribution < 1.29 is 15.0 Å². The molecule has 3 nitrogen and oxygen atoms in total. The van der Waals surface area contributed by atoms with Gasteiger partial charge in [-0.25, -0.2) is 0 Å². The number of hydrogen-bond donors (Lipinski definition) is 2. The first-order chi connectivity index (χ1) is 7.58. The Labute approximate surface area is 94.7 Å². The Bertz CT molecular complexity index is 423. The molecular weight excluding hydrogens is 204 g/mol. The number of benzene rings is 1. The standard InChI is InChI=1S/C13H16O3/c1-8(5-13(15)16)11-6-9-3-2-4-10(9)7-12(11)14/h6-8,14H,2-5H2,1H3,(H,15,16). The number of phenols is 1. The Morgan fingerprint density at radius 3 is 2.62 bits per heavy atom. The second-order valence-electron chi connectivity index (χ2n) is 4.53. The average molecular weight is 220 g/mol. The van der Waals surface area contributed by atoms with E-state index in [9.17, 15) is 9.90 Å². The van der Waals surface area contributed by atoms with E-state index < -0.39 is 5.97 Å². The predicted octanol–water partition coefficient (Wildman–Crippen LogP) is 2.46. The molecule has 2 rings (SSSR count). The molecule has 0 saturated heterocycles. The zero-order valence-electron chi connectivity index (χ0n) is 9.36. The van der Waals surface area contributed by atoms with Gasteiger partial charge in [0.25, 0.3) is 0 Å². The summed E-state index contributed by atoms with van der Waals surface area (Å²) in [6, 6.07) is 3.78. The van der Waals surface area contributed by atoms with E-state index in [1.54, 1.807) is 6.07 Å². The van der Waals surface area contributed by atoms with Gasteiger partial charge >= 0.3 is 5.97 Å². The van der Waals surface area contributed by atoms with Crippen molar-refractivity contribution in [2.45, 2.75) is 38.5 Å². The molecule has 0 radical (unpaired) electrons. The number of aryl methyl sites for hydroxylation is 2. The Morgan fingerprint density at radius 1 is 1.38 bits per heavy atom. The summed E-state index contributed by atoms with van der Waals surface area (Å²) >= 11 is 0. The number of carboxylic acids is 1. The molecule has 1 atom stereocenters. The van der Waals surface area contributed by atoms with Crippen LogP contribution in [0.1, 0.15) is 42.4 Å². The number of aromatic hydroxyl groups is 1. The van der Waals surface area contributed by atoms with Gasteiger partial charge in [-0.15, -0.1) is 0 Å². The van der Waals surface area contributed by atoms with Crippen LogP contribution in [0, 0.1) is 0 Å². The molecule has 0 aliphatic heterocycles. The van der Waals surface area contributed by atoms with Gasteiger partial charge in [0.1, 0.15) is 5.75 Å². The fraction of sp³-hybridized carbons (Fsp3) is 0.462. The molecule has 1 aliphatic rings. The Morgan fingerprint density at radius 2 is 2.00 bits per heavy atom. The van der Waals surface area contributed by atoms with Crippen LogP contribution >= 0.6 is 0 Å². The van der Waals surface area contributed by atoms with Crippen molar-refractivity contribution in [1.29, 1.82) is 0 Å². The lowest BCUT2D eigenvalue weighted by atomic mass is 9.93. The van der Waals surface area contributed by atoms with E-state index in [4.69, 9.17) is 5.11 Å². The first-order valence-electron chi connectivity index (χ1n) is 5.64. The van der Waals surface area contributed by atoms with Gasteiger partial charge in [0.15, 0.2) is 0 Å². The molecule has 1 aromatic rings. The fourth-order valence-electron chi connectivity index (χ4n) is 2.40. The molecule has 1 aromatic carbocycles. The van der Waals surface area contributed by atoms with Crippen LogP contribution < -0.4 is 0 Å². The highest BCUT2D eigenvalue weighted by Gasteiger charge is 2.19. The summed E-state index contributed by atoms with van der Waals surface area (Å²) in [4.78, 5) is 10.6. The van der Waals surface area contributed by atoms with Crippen LogP contribution in [0.2, 0.25) is 0 Å². The molecule has 0 spiro atoms. The maximum Gasteiger partial charge on any atom is 0.303 e. The lowest BCUT2D eigenvalue weighted by Crippen LogP contribution is -2.03. The molecule has 0 bridgehead atoms. The fourth-order valence-corrected chi connectivity index (χ4v) is 2.40. The monoisotopic (exact) mass is 220 g/mol. The van der Waals surface area contributed by atoms with Gasteiger partial charge in [-0.1, -0.05) is 13.0 Å². The van der Waals surface area contributed by atoms with Gasteiger partial charge in [0, 0.05) is 0 Å². The van der Waals surface area contributed by atoms with E-state index in [-0.39, 0.29) is 18.1 Å². The summed E-state index contributed by atoms with van der Waals surface area (Å²) in [5.41, 5.74) is 3.25. The van der Waals surface area contributed by atoms with Gasteiger partial charge in [-0.05, 0) is 47.9 Å². The Kier molecular flexibility index (Phi) is 2.86. The normalized spacial score (nSPS) is 15.8. The lowest BCUT2D eigenvalue weighted by Gasteiger charge is -2.13.